The Morgan fingerprint density at radius 3 is 2.34 bits per heavy atom. The number of carbonyl (C=O) groups is 1. The summed E-state index contributed by atoms with van der Waals surface area (Å²) in [5.74, 6) is 1.81. The molecule has 0 unspecified atom stereocenters. The average Bonchev–Trinajstić information content (AvgIpc) is 3.31. The van der Waals surface area contributed by atoms with E-state index in [1.54, 1.807) is 44.4 Å². The normalized spacial score (nSPS) is 10.6. The Balaban J connectivity index is 1.46. The van der Waals surface area contributed by atoms with Crippen LogP contribution in [0.25, 0.3) is 22.5 Å². The van der Waals surface area contributed by atoms with Crippen molar-refractivity contribution >= 4 is 5.91 Å². The van der Waals surface area contributed by atoms with Crippen LogP contribution in [0.2, 0.25) is 0 Å². The third-order valence-electron chi connectivity index (χ3n) is 5.08. The first kappa shape index (κ1) is 21.1. The van der Waals surface area contributed by atoms with Gasteiger partial charge in [0, 0.05) is 18.7 Å². The molecule has 7 nitrogen and oxygen atoms in total. The van der Waals surface area contributed by atoms with Gasteiger partial charge in [0.1, 0.15) is 11.5 Å². The highest BCUT2D eigenvalue weighted by molar-refractivity contribution is 5.94. The summed E-state index contributed by atoms with van der Waals surface area (Å²) in [6.07, 6.45) is 0. The molecule has 1 amide bonds. The van der Waals surface area contributed by atoms with Crippen molar-refractivity contribution in [2.45, 2.75) is 6.54 Å². The Morgan fingerprint density at radius 1 is 0.938 bits per heavy atom. The molecule has 32 heavy (non-hydrogen) atoms. The van der Waals surface area contributed by atoms with E-state index in [0.717, 1.165) is 11.1 Å². The van der Waals surface area contributed by atoms with E-state index in [2.05, 4.69) is 10.1 Å². The molecule has 0 aliphatic rings. The van der Waals surface area contributed by atoms with Crippen LogP contribution < -0.4 is 9.47 Å². The molecule has 1 aromatic heterocycles. The van der Waals surface area contributed by atoms with E-state index in [1.165, 1.54) is 0 Å². The Labute approximate surface area is 186 Å². The van der Waals surface area contributed by atoms with E-state index in [1.807, 2.05) is 54.6 Å². The van der Waals surface area contributed by atoms with Crippen molar-refractivity contribution in [2.75, 3.05) is 21.3 Å². The van der Waals surface area contributed by atoms with Gasteiger partial charge in [0.2, 0.25) is 11.7 Å². The fourth-order valence-corrected chi connectivity index (χ4v) is 3.34. The smallest absolute Gasteiger partial charge is 0.254 e. The molecule has 0 fully saturated rings. The predicted molar refractivity (Wildman–Crippen MR) is 121 cm³/mol. The number of hydrogen-bond donors (Lipinski definition) is 0. The van der Waals surface area contributed by atoms with Crippen LogP contribution in [0.5, 0.6) is 11.5 Å². The molecule has 4 aromatic rings. The first-order valence-corrected chi connectivity index (χ1v) is 10.0. The number of methoxy groups -OCH3 is 2. The highest BCUT2D eigenvalue weighted by Gasteiger charge is 2.18. The van der Waals surface area contributed by atoms with Crippen molar-refractivity contribution in [2.24, 2.45) is 0 Å². The minimum absolute atomic E-state index is 0.133. The second-order valence-electron chi connectivity index (χ2n) is 7.18. The number of ether oxygens (including phenoxy) is 2. The number of aromatic nitrogens is 2. The molecule has 7 heteroatoms. The van der Waals surface area contributed by atoms with Gasteiger partial charge in [0.15, 0.2) is 0 Å². The monoisotopic (exact) mass is 429 g/mol. The third kappa shape index (κ3) is 4.46. The number of amides is 1. The number of nitrogens with zero attached hydrogens (tertiary/aromatic N) is 3. The fourth-order valence-electron chi connectivity index (χ4n) is 3.34. The lowest BCUT2D eigenvalue weighted by Crippen LogP contribution is -2.26. The molecule has 1 heterocycles. The first-order valence-electron chi connectivity index (χ1n) is 10.0. The van der Waals surface area contributed by atoms with E-state index in [0.29, 0.717) is 34.3 Å². The molecule has 0 saturated heterocycles. The third-order valence-corrected chi connectivity index (χ3v) is 5.08. The zero-order valence-corrected chi connectivity index (χ0v) is 18.1. The SMILES string of the molecule is COc1ccc(-c2noc(CN(C)C(=O)c3ccc(-c4ccccc4)cc3)n2)c(OC)c1. The summed E-state index contributed by atoms with van der Waals surface area (Å²) in [7, 11) is 4.85. The maximum Gasteiger partial charge on any atom is 0.254 e. The lowest BCUT2D eigenvalue weighted by atomic mass is 10.0. The van der Waals surface area contributed by atoms with E-state index < -0.39 is 0 Å². The van der Waals surface area contributed by atoms with Crippen LogP contribution in [-0.4, -0.2) is 42.2 Å². The molecular weight excluding hydrogens is 406 g/mol. The Hall–Kier alpha value is -4.13. The zero-order chi connectivity index (χ0) is 22.5. The van der Waals surface area contributed by atoms with Crippen molar-refractivity contribution in [3.63, 3.8) is 0 Å². The van der Waals surface area contributed by atoms with Crippen molar-refractivity contribution < 1.29 is 18.8 Å². The van der Waals surface area contributed by atoms with E-state index in [9.17, 15) is 4.79 Å². The second kappa shape index (κ2) is 9.34. The molecule has 0 bridgehead atoms. The van der Waals surface area contributed by atoms with Crippen LogP contribution in [0.1, 0.15) is 16.2 Å². The standard InChI is InChI=1S/C25H23N3O4/c1-28(25(29)19-11-9-18(10-12-19)17-7-5-4-6-8-17)16-23-26-24(27-32-23)21-14-13-20(30-2)15-22(21)31-3/h4-15H,16H2,1-3H3. The molecule has 0 aliphatic carbocycles. The molecular formula is C25H23N3O4. The predicted octanol–water partition coefficient (Wildman–Crippen LogP) is 4.69. The van der Waals surface area contributed by atoms with Gasteiger partial charge in [-0.15, -0.1) is 0 Å². The summed E-state index contributed by atoms with van der Waals surface area (Å²) in [6, 6.07) is 22.9. The summed E-state index contributed by atoms with van der Waals surface area (Å²) in [5.41, 5.74) is 3.42. The molecule has 3 aromatic carbocycles. The van der Waals surface area contributed by atoms with Gasteiger partial charge in [-0.05, 0) is 35.4 Å². The van der Waals surface area contributed by atoms with E-state index in [4.69, 9.17) is 14.0 Å². The van der Waals surface area contributed by atoms with Crippen LogP contribution in [-0.2, 0) is 6.54 Å². The van der Waals surface area contributed by atoms with Gasteiger partial charge in [-0.2, -0.15) is 4.98 Å². The van der Waals surface area contributed by atoms with Gasteiger partial charge < -0.3 is 18.9 Å². The summed E-state index contributed by atoms with van der Waals surface area (Å²) >= 11 is 0. The molecule has 4 rings (SSSR count). The highest BCUT2D eigenvalue weighted by atomic mass is 16.5. The number of carbonyl (C=O) groups excluding carboxylic acids is 1. The van der Waals surface area contributed by atoms with Crippen molar-refractivity contribution in [1.82, 2.24) is 15.0 Å². The molecule has 0 spiro atoms. The minimum Gasteiger partial charge on any atom is -0.497 e. The summed E-state index contributed by atoms with van der Waals surface area (Å²) in [5, 5.41) is 4.04. The number of rotatable bonds is 7. The van der Waals surface area contributed by atoms with Crippen molar-refractivity contribution in [1.29, 1.82) is 0 Å². The van der Waals surface area contributed by atoms with Crippen LogP contribution in [0.15, 0.2) is 77.3 Å². The van der Waals surface area contributed by atoms with Crippen LogP contribution >= 0.6 is 0 Å². The maximum atomic E-state index is 12.8. The molecule has 162 valence electrons. The molecule has 0 atom stereocenters. The number of benzene rings is 3. The van der Waals surface area contributed by atoms with Crippen molar-refractivity contribution in [3.05, 3.63) is 84.3 Å². The molecule has 0 saturated carbocycles. The van der Waals surface area contributed by atoms with Gasteiger partial charge in [-0.3, -0.25) is 4.79 Å². The average molecular weight is 429 g/mol. The summed E-state index contributed by atoms with van der Waals surface area (Å²) < 4.78 is 16.0. The topological polar surface area (TPSA) is 77.7 Å². The van der Waals surface area contributed by atoms with Crippen molar-refractivity contribution in [3.8, 4) is 34.0 Å². The van der Waals surface area contributed by atoms with Crippen LogP contribution in [0, 0.1) is 0 Å². The summed E-state index contributed by atoms with van der Waals surface area (Å²) in [6.45, 7) is 0.185. The quantitative estimate of drug-likeness (QED) is 0.424. The first-order chi connectivity index (χ1) is 15.6. The molecule has 0 N–H and O–H groups in total. The van der Waals surface area contributed by atoms with Crippen LogP contribution in [0.4, 0.5) is 0 Å². The largest absolute Gasteiger partial charge is 0.497 e. The summed E-state index contributed by atoms with van der Waals surface area (Å²) in [4.78, 5) is 18.8. The molecule has 0 aliphatic heterocycles. The molecule has 0 radical (unpaired) electrons. The minimum atomic E-state index is -0.133. The highest BCUT2D eigenvalue weighted by Crippen LogP contribution is 2.31. The van der Waals surface area contributed by atoms with Gasteiger partial charge in [0.05, 0.1) is 26.3 Å². The second-order valence-corrected chi connectivity index (χ2v) is 7.18. The van der Waals surface area contributed by atoms with Gasteiger partial charge in [0.25, 0.3) is 5.91 Å². The van der Waals surface area contributed by atoms with Gasteiger partial charge >= 0.3 is 0 Å². The number of hydrogen-bond acceptors (Lipinski definition) is 6. The maximum absolute atomic E-state index is 12.8. The Bertz CT molecular complexity index is 1200. The van der Waals surface area contributed by atoms with Crippen LogP contribution in [0.3, 0.4) is 0 Å². The van der Waals surface area contributed by atoms with E-state index >= 15 is 0 Å². The Kier molecular flexibility index (Phi) is 6.17. The van der Waals surface area contributed by atoms with E-state index in [-0.39, 0.29) is 12.5 Å². The van der Waals surface area contributed by atoms with Gasteiger partial charge in [-0.1, -0.05) is 47.6 Å². The zero-order valence-electron chi connectivity index (χ0n) is 18.1. The fraction of sp³-hybridized carbons (Fsp3) is 0.160. The van der Waals surface area contributed by atoms with Gasteiger partial charge in [-0.25, -0.2) is 0 Å². The lowest BCUT2D eigenvalue weighted by Gasteiger charge is -2.15. The lowest BCUT2D eigenvalue weighted by molar-refractivity contribution is 0.0769. The Morgan fingerprint density at radius 2 is 1.66 bits per heavy atom.